The fraction of sp³-hybridized carbons (Fsp3) is 0.500. The quantitative estimate of drug-likeness (QED) is 0.170. The number of rotatable bonds is 17. The van der Waals surface area contributed by atoms with Gasteiger partial charge in [-0.2, -0.15) is 0 Å². The molecule has 0 radical (unpaired) electrons. The monoisotopic (exact) mass is 366 g/mol. The minimum Gasteiger partial charge on any atom is -0.462 e. The van der Waals surface area contributed by atoms with Crippen molar-refractivity contribution in [3.05, 3.63) is 49.6 Å². The second kappa shape index (κ2) is 16.3. The maximum atomic E-state index is 11.6. The molecule has 0 aromatic rings. The van der Waals surface area contributed by atoms with E-state index in [1.807, 2.05) is 0 Å². The minimum atomic E-state index is -0.444. The minimum absolute atomic E-state index is 0.139. The van der Waals surface area contributed by atoms with E-state index in [-0.39, 0.29) is 24.4 Å². The van der Waals surface area contributed by atoms with Crippen molar-refractivity contribution in [2.45, 2.75) is 25.7 Å². The van der Waals surface area contributed by atoms with Crippen molar-refractivity contribution in [1.82, 2.24) is 0 Å². The Labute approximate surface area is 156 Å². The van der Waals surface area contributed by atoms with E-state index in [4.69, 9.17) is 18.9 Å². The van der Waals surface area contributed by atoms with Gasteiger partial charge in [0.1, 0.15) is 0 Å². The van der Waals surface area contributed by atoms with Crippen LogP contribution in [0.3, 0.4) is 0 Å². The molecule has 0 saturated heterocycles. The SMILES string of the molecule is C=CCOCC(=C)C(=O)OCCCCCCOC(=O)C(=C)COCC=C. The molecule has 0 aliphatic rings. The van der Waals surface area contributed by atoms with E-state index in [2.05, 4.69) is 26.3 Å². The topological polar surface area (TPSA) is 71.1 Å². The highest BCUT2D eigenvalue weighted by Crippen LogP contribution is 2.04. The molecule has 0 fully saturated rings. The Hall–Kier alpha value is -2.18. The van der Waals surface area contributed by atoms with Crippen molar-refractivity contribution in [3.8, 4) is 0 Å². The molecule has 0 aromatic heterocycles. The van der Waals surface area contributed by atoms with Crippen molar-refractivity contribution < 1.29 is 28.5 Å². The van der Waals surface area contributed by atoms with Crippen LogP contribution in [0.5, 0.6) is 0 Å². The average molecular weight is 366 g/mol. The Bertz CT molecular complexity index is 437. The van der Waals surface area contributed by atoms with Crippen molar-refractivity contribution in [3.63, 3.8) is 0 Å². The fourth-order valence-electron chi connectivity index (χ4n) is 1.74. The molecule has 0 N–H and O–H groups in total. The largest absolute Gasteiger partial charge is 0.462 e. The zero-order valence-electron chi connectivity index (χ0n) is 15.5. The molecule has 6 heteroatoms. The average Bonchev–Trinajstić information content (AvgIpc) is 2.63. The van der Waals surface area contributed by atoms with Gasteiger partial charge >= 0.3 is 11.9 Å². The van der Waals surface area contributed by atoms with Crippen LogP contribution in [-0.4, -0.2) is 51.6 Å². The maximum Gasteiger partial charge on any atom is 0.335 e. The van der Waals surface area contributed by atoms with Crippen LogP contribution in [0.15, 0.2) is 49.6 Å². The van der Waals surface area contributed by atoms with Gasteiger partial charge in [0.25, 0.3) is 0 Å². The third-order valence-corrected chi connectivity index (χ3v) is 3.11. The fourth-order valence-corrected chi connectivity index (χ4v) is 1.74. The van der Waals surface area contributed by atoms with Gasteiger partial charge in [-0.15, -0.1) is 13.2 Å². The molecule has 0 saturated carbocycles. The number of esters is 2. The molecule has 0 bridgehead atoms. The Balaban J connectivity index is 3.55. The van der Waals surface area contributed by atoms with Crippen LogP contribution in [0, 0.1) is 0 Å². The third kappa shape index (κ3) is 13.1. The molecular formula is C20H30O6. The first-order valence-electron chi connectivity index (χ1n) is 8.60. The Morgan fingerprint density at radius 3 is 1.42 bits per heavy atom. The van der Waals surface area contributed by atoms with E-state index in [1.165, 1.54) is 0 Å². The van der Waals surface area contributed by atoms with Crippen molar-refractivity contribution in [1.29, 1.82) is 0 Å². The maximum absolute atomic E-state index is 11.6. The summed E-state index contributed by atoms with van der Waals surface area (Å²) >= 11 is 0. The second-order valence-electron chi connectivity index (χ2n) is 5.50. The molecule has 26 heavy (non-hydrogen) atoms. The lowest BCUT2D eigenvalue weighted by atomic mass is 10.2. The lowest BCUT2D eigenvalue weighted by Gasteiger charge is -2.08. The van der Waals surface area contributed by atoms with Gasteiger partial charge in [0, 0.05) is 0 Å². The van der Waals surface area contributed by atoms with Crippen LogP contribution in [-0.2, 0) is 28.5 Å². The normalized spacial score (nSPS) is 10.0. The first-order valence-corrected chi connectivity index (χ1v) is 8.60. The Kier molecular flexibility index (Phi) is 14.9. The molecular weight excluding hydrogens is 336 g/mol. The van der Waals surface area contributed by atoms with Crippen molar-refractivity contribution in [2.24, 2.45) is 0 Å². The van der Waals surface area contributed by atoms with Gasteiger partial charge in [0.05, 0.1) is 50.8 Å². The molecule has 146 valence electrons. The van der Waals surface area contributed by atoms with E-state index in [9.17, 15) is 9.59 Å². The van der Waals surface area contributed by atoms with E-state index in [0.29, 0.717) is 26.4 Å². The summed E-state index contributed by atoms with van der Waals surface area (Å²) in [6, 6.07) is 0. The van der Waals surface area contributed by atoms with Crippen LogP contribution in [0.4, 0.5) is 0 Å². The number of carbonyl (C=O) groups excluding carboxylic acids is 2. The summed E-state index contributed by atoms with van der Waals surface area (Å²) in [5.74, 6) is -0.889. The molecule has 0 heterocycles. The lowest BCUT2D eigenvalue weighted by Crippen LogP contribution is -2.13. The Morgan fingerprint density at radius 2 is 1.08 bits per heavy atom. The smallest absolute Gasteiger partial charge is 0.335 e. The van der Waals surface area contributed by atoms with Crippen LogP contribution in [0.2, 0.25) is 0 Å². The molecule has 0 amide bonds. The number of hydrogen-bond donors (Lipinski definition) is 0. The molecule has 0 aliphatic heterocycles. The van der Waals surface area contributed by atoms with Gasteiger partial charge < -0.3 is 18.9 Å². The standard InChI is InChI=1S/C20H30O6/c1-5-11-23-15-17(3)19(21)25-13-9-7-8-10-14-26-20(22)18(4)16-24-12-6-2/h5-6H,1-4,7-16H2. The highest BCUT2D eigenvalue weighted by Gasteiger charge is 2.09. The predicted molar refractivity (Wildman–Crippen MR) is 101 cm³/mol. The van der Waals surface area contributed by atoms with E-state index < -0.39 is 11.9 Å². The molecule has 0 aromatic carbocycles. The summed E-state index contributed by atoms with van der Waals surface area (Å²) < 4.78 is 20.4. The summed E-state index contributed by atoms with van der Waals surface area (Å²) in [6.07, 6.45) is 6.41. The second-order valence-corrected chi connectivity index (χ2v) is 5.50. The van der Waals surface area contributed by atoms with E-state index >= 15 is 0 Å². The summed E-state index contributed by atoms with van der Waals surface area (Å²) in [5, 5.41) is 0. The summed E-state index contributed by atoms with van der Waals surface area (Å²) in [4.78, 5) is 23.2. The van der Waals surface area contributed by atoms with Crippen molar-refractivity contribution in [2.75, 3.05) is 39.6 Å². The zero-order chi connectivity index (χ0) is 19.6. The molecule has 0 unspecified atom stereocenters. The van der Waals surface area contributed by atoms with Crippen LogP contribution in [0.1, 0.15) is 25.7 Å². The summed E-state index contributed by atoms with van der Waals surface area (Å²) in [5.41, 5.74) is 0.576. The molecule has 0 spiro atoms. The number of ether oxygens (including phenoxy) is 4. The van der Waals surface area contributed by atoms with Crippen LogP contribution < -0.4 is 0 Å². The molecule has 0 rings (SSSR count). The number of hydrogen-bond acceptors (Lipinski definition) is 6. The third-order valence-electron chi connectivity index (χ3n) is 3.11. The van der Waals surface area contributed by atoms with Crippen molar-refractivity contribution >= 4 is 11.9 Å². The Morgan fingerprint density at radius 1 is 0.692 bits per heavy atom. The van der Waals surface area contributed by atoms with Gasteiger partial charge in [0.15, 0.2) is 0 Å². The van der Waals surface area contributed by atoms with Gasteiger partial charge in [-0.05, 0) is 25.7 Å². The molecule has 0 atom stereocenters. The highest BCUT2D eigenvalue weighted by atomic mass is 16.5. The van der Waals surface area contributed by atoms with Gasteiger partial charge in [0.2, 0.25) is 0 Å². The first-order chi connectivity index (χ1) is 12.5. The lowest BCUT2D eigenvalue weighted by molar-refractivity contribution is -0.141. The highest BCUT2D eigenvalue weighted by molar-refractivity contribution is 5.88. The van der Waals surface area contributed by atoms with Gasteiger partial charge in [-0.25, -0.2) is 9.59 Å². The number of unbranched alkanes of at least 4 members (excludes halogenated alkanes) is 3. The van der Waals surface area contributed by atoms with Gasteiger partial charge in [-0.3, -0.25) is 0 Å². The van der Waals surface area contributed by atoms with Gasteiger partial charge in [-0.1, -0.05) is 25.3 Å². The van der Waals surface area contributed by atoms with E-state index in [0.717, 1.165) is 25.7 Å². The molecule has 0 aliphatic carbocycles. The first kappa shape index (κ1) is 23.8. The van der Waals surface area contributed by atoms with Crippen LogP contribution >= 0.6 is 0 Å². The van der Waals surface area contributed by atoms with E-state index in [1.54, 1.807) is 12.2 Å². The summed E-state index contributed by atoms with van der Waals surface area (Å²) in [7, 11) is 0. The number of carbonyl (C=O) groups is 2. The molecule has 6 nitrogen and oxygen atoms in total. The summed E-state index contributed by atoms with van der Waals surface area (Å²) in [6.45, 7) is 15.9. The van der Waals surface area contributed by atoms with Crippen LogP contribution in [0.25, 0.3) is 0 Å². The predicted octanol–water partition coefficient (Wildman–Crippen LogP) is 3.15. The zero-order valence-corrected chi connectivity index (χ0v) is 15.5.